The van der Waals surface area contributed by atoms with Gasteiger partial charge in [0.1, 0.15) is 4.90 Å². The van der Waals surface area contributed by atoms with Crippen LogP contribution in [0, 0.1) is 0 Å². The molecule has 0 unspecified atom stereocenters. The smallest absolute Gasteiger partial charge is 0.338 e. The number of sulfonamides is 1. The van der Waals surface area contributed by atoms with Gasteiger partial charge < -0.3 is 9.64 Å². The van der Waals surface area contributed by atoms with Gasteiger partial charge >= 0.3 is 5.97 Å². The van der Waals surface area contributed by atoms with E-state index in [-0.39, 0.29) is 21.4 Å². The number of carbonyl (C=O) groups excluding carboxylic acids is 2. The van der Waals surface area contributed by atoms with Crippen LogP contribution in [0.15, 0.2) is 39.9 Å². The van der Waals surface area contributed by atoms with E-state index in [2.05, 4.69) is 4.72 Å². The van der Waals surface area contributed by atoms with Crippen molar-refractivity contribution in [1.82, 2.24) is 9.62 Å². The third-order valence-corrected chi connectivity index (χ3v) is 6.62. The standard InChI is InChI=1S/C19H23ClN2O5S2/c1-19(2,3)21-29(25,26)16-9-14(5-6-15(16)20)18(24)27-11-17(23)22(4)10-13-7-8-28-12-13/h5-9,12,21H,10-11H2,1-4H3. The molecule has 0 saturated carbocycles. The maximum absolute atomic E-state index is 12.5. The Bertz CT molecular complexity index is 983. The van der Waals surface area contributed by atoms with E-state index in [1.165, 1.54) is 28.4 Å². The summed E-state index contributed by atoms with van der Waals surface area (Å²) in [4.78, 5) is 25.7. The molecule has 0 fully saturated rings. The second kappa shape index (κ2) is 9.25. The predicted octanol–water partition coefficient (Wildman–Crippen LogP) is 3.29. The lowest BCUT2D eigenvalue weighted by atomic mass is 10.1. The number of carbonyl (C=O) groups is 2. The molecule has 2 rings (SSSR count). The first-order valence-electron chi connectivity index (χ1n) is 8.65. The molecule has 0 saturated heterocycles. The molecule has 0 aliphatic heterocycles. The Morgan fingerprint density at radius 1 is 1.24 bits per heavy atom. The molecule has 2 aromatic rings. The van der Waals surface area contributed by atoms with E-state index >= 15 is 0 Å². The molecular formula is C19H23ClN2O5S2. The van der Waals surface area contributed by atoms with Crippen LogP contribution in [-0.2, 0) is 26.1 Å². The van der Waals surface area contributed by atoms with E-state index < -0.39 is 28.1 Å². The van der Waals surface area contributed by atoms with E-state index in [4.69, 9.17) is 16.3 Å². The van der Waals surface area contributed by atoms with Gasteiger partial charge in [-0.2, -0.15) is 11.3 Å². The summed E-state index contributed by atoms with van der Waals surface area (Å²) >= 11 is 7.55. The number of hydrogen-bond acceptors (Lipinski definition) is 6. The van der Waals surface area contributed by atoms with Gasteiger partial charge in [0.15, 0.2) is 6.61 Å². The molecule has 0 spiro atoms. The van der Waals surface area contributed by atoms with Crippen molar-refractivity contribution in [2.24, 2.45) is 0 Å². The Hall–Kier alpha value is -1.94. The number of nitrogens with zero attached hydrogens (tertiary/aromatic N) is 1. The topological polar surface area (TPSA) is 92.8 Å². The minimum absolute atomic E-state index is 0.0167. The van der Waals surface area contributed by atoms with Crippen molar-refractivity contribution in [2.75, 3.05) is 13.7 Å². The van der Waals surface area contributed by atoms with E-state index in [1.807, 2.05) is 16.8 Å². The lowest BCUT2D eigenvalue weighted by Crippen LogP contribution is -2.40. The van der Waals surface area contributed by atoms with Crippen molar-refractivity contribution < 1.29 is 22.7 Å². The van der Waals surface area contributed by atoms with Gasteiger partial charge in [-0.15, -0.1) is 0 Å². The second-order valence-corrected chi connectivity index (χ2v) is 10.3. The number of amides is 1. The fraction of sp³-hybridized carbons (Fsp3) is 0.368. The Balaban J connectivity index is 2.06. The van der Waals surface area contributed by atoms with Crippen molar-refractivity contribution in [3.8, 4) is 0 Å². The van der Waals surface area contributed by atoms with Gasteiger partial charge in [-0.05, 0) is 61.4 Å². The highest BCUT2D eigenvalue weighted by atomic mass is 35.5. The number of rotatable bonds is 7. The zero-order valence-electron chi connectivity index (χ0n) is 16.6. The van der Waals surface area contributed by atoms with Crippen LogP contribution in [-0.4, -0.2) is 44.4 Å². The van der Waals surface area contributed by atoms with Gasteiger partial charge in [0.05, 0.1) is 10.6 Å². The van der Waals surface area contributed by atoms with Crippen LogP contribution in [0.3, 0.4) is 0 Å². The quantitative estimate of drug-likeness (QED) is 0.642. The number of nitrogens with one attached hydrogen (secondary N) is 1. The molecule has 1 amide bonds. The molecule has 1 heterocycles. The molecule has 0 aliphatic rings. The summed E-state index contributed by atoms with van der Waals surface area (Å²) in [5.41, 5.74) is 0.242. The van der Waals surface area contributed by atoms with Crippen molar-refractivity contribution in [1.29, 1.82) is 0 Å². The summed E-state index contributed by atoms with van der Waals surface area (Å²) in [7, 11) is -2.33. The molecule has 29 heavy (non-hydrogen) atoms. The molecule has 1 aromatic carbocycles. The van der Waals surface area contributed by atoms with Crippen molar-refractivity contribution in [3.63, 3.8) is 0 Å². The van der Waals surface area contributed by atoms with Crippen LogP contribution < -0.4 is 4.72 Å². The summed E-state index contributed by atoms with van der Waals surface area (Å²) in [6.07, 6.45) is 0. The average molecular weight is 459 g/mol. The SMILES string of the molecule is CN(Cc1ccsc1)C(=O)COC(=O)c1ccc(Cl)c(S(=O)(=O)NC(C)(C)C)c1. The first-order valence-corrected chi connectivity index (χ1v) is 11.4. The molecule has 0 atom stereocenters. The molecule has 1 aromatic heterocycles. The highest BCUT2D eigenvalue weighted by Gasteiger charge is 2.26. The third-order valence-electron chi connectivity index (χ3n) is 3.65. The van der Waals surface area contributed by atoms with Crippen LogP contribution in [0.5, 0.6) is 0 Å². The maximum Gasteiger partial charge on any atom is 0.338 e. The van der Waals surface area contributed by atoms with Crippen LogP contribution in [0.2, 0.25) is 5.02 Å². The second-order valence-electron chi connectivity index (χ2n) is 7.46. The Kier molecular flexibility index (Phi) is 7.45. The highest BCUT2D eigenvalue weighted by molar-refractivity contribution is 7.89. The minimum Gasteiger partial charge on any atom is -0.452 e. The van der Waals surface area contributed by atoms with Crippen LogP contribution in [0.25, 0.3) is 0 Å². The monoisotopic (exact) mass is 458 g/mol. The zero-order valence-corrected chi connectivity index (χ0v) is 19.0. The van der Waals surface area contributed by atoms with Gasteiger partial charge in [-0.3, -0.25) is 4.79 Å². The summed E-state index contributed by atoms with van der Waals surface area (Å²) in [5.74, 6) is -1.19. The van der Waals surface area contributed by atoms with Gasteiger partial charge in [-0.1, -0.05) is 11.6 Å². The Labute approximate surface area is 179 Å². The minimum atomic E-state index is -3.94. The normalized spacial score (nSPS) is 11.9. The van der Waals surface area contributed by atoms with Crippen molar-refractivity contribution in [3.05, 3.63) is 51.2 Å². The largest absolute Gasteiger partial charge is 0.452 e. The van der Waals surface area contributed by atoms with E-state index in [0.717, 1.165) is 11.6 Å². The Morgan fingerprint density at radius 3 is 2.52 bits per heavy atom. The van der Waals surface area contributed by atoms with Gasteiger partial charge in [0, 0.05) is 19.1 Å². The van der Waals surface area contributed by atoms with Gasteiger partial charge in [0.2, 0.25) is 10.0 Å². The van der Waals surface area contributed by atoms with E-state index in [1.54, 1.807) is 27.8 Å². The summed E-state index contributed by atoms with van der Waals surface area (Å²) < 4.78 is 32.6. The van der Waals surface area contributed by atoms with Crippen molar-refractivity contribution >= 4 is 44.8 Å². The third kappa shape index (κ3) is 6.81. The molecule has 0 radical (unpaired) electrons. The molecule has 0 aliphatic carbocycles. The first-order chi connectivity index (χ1) is 13.4. The number of ether oxygens (including phenoxy) is 1. The molecule has 7 nitrogen and oxygen atoms in total. The lowest BCUT2D eigenvalue weighted by molar-refractivity contribution is -0.133. The zero-order chi connectivity index (χ0) is 21.8. The number of esters is 1. The molecular weight excluding hydrogens is 436 g/mol. The predicted molar refractivity (Wildman–Crippen MR) is 113 cm³/mol. The summed E-state index contributed by atoms with van der Waals surface area (Å²) in [5, 5.41) is 3.82. The Morgan fingerprint density at radius 2 is 1.93 bits per heavy atom. The van der Waals surface area contributed by atoms with E-state index in [9.17, 15) is 18.0 Å². The lowest BCUT2D eigenvalue weighted by Gasteiger charge is -2.21. The molecule has 1 N–H and O–H groups in total. The van der Waals surface area contributed by atoms with Gasteiger partial charge in [0.25, 0.3) is 5.91 Å². The summed E-state index contributed by atoms with van der Waals surface area (Å²) in [6, 6.07) is 5.69. The number of hydrogen-bond donors (Lipinski definition) is 1. The van der Waals surface area contributed by atoms with Crippen molar-refractivity contribution in [2.45, 2.75) is 37.8 Å². The number of likely N-dealkylation sites (N-methyl/N-ethyl adjacent to an activating group) is 1. The van der Waals surface area contributed by atoms with Crippen LogP contribution in [0.1, 0.15) is 36.7 Å². The van der Waals surface area contributed by atoms with Gasteiger partial charge in [-0.25, -0.2) is 17.9 Å². The fourth-order valence-corrected chi connectivity index (χ4v) is 4.96. The molecule has 10 heteroatoms. The number of halogens is 1. The van der Waals surface area contributed by atoms with Crippen LogP contribution in [0.4, 0.5) is 0 Å². The number of thiophene rings is 1. The number of benzene rings is 1. The van der Waals surface area contributed by atoms with Crippen LogP contribution >= 0.6 is 22.9 Å². The molecule has 0 bridgehead atoms. The first kappa shape index (κ1) is 23.3. The highest BCUT2D eigenvalue weighted by Crippen LogP contribution is 2.24. The fourth-order valence-electron chi connectivity index (χ4n) is 2.36. The average Bonchev–Trinajstić information content (AvgIpc) is 3.10. The van der Waals surface area contributed by atoms with E-state index in [0.29, 0.717) is 6.54 Å². The summed E-state index contributed by atoms with van der Waals surface area (Å²) in [6.45, 7) is 5.02. The maximum atomic E-state index is 12.5. The molecule has 158 valence electrons.